The zero-order valence-corrected chi connectivity index (χ0v) is 26.6. The van der Waals surface area contributed by atoms with Gasteiger partial charge in [0.25, 0.3) is 11.8 Å². The summed E-state index contributed by atoms with van der Waals surface area (Å²) in [7, 11) is 0. The number of carbonyl (C=O) groups is 3. The van der Waals surface area contributed by atoms with Gasteiger partial charge < -0.3 is 30.6 Å². The van der Waals surface area contributed by atoms with Gasteiger partial charge in [-0.05, 0) is 74.9 Å². The van der Waals surface area contributed by atoms with E-state index in [9.17, 15) is 37.1 Å². The van der Waals surface area contributed by atoms with Crippen LogP contribution in [0.4, 0.5) is 23.2 Å². The van der Waals surface area contributed by atoms with E-state index in [1.165, 1.54) is 43.6 Å². The number of anilines is 1. The number of hydrogen-bond donors (Lipinski definition) is 4. The number of aryl methyl sites for hydroxylation is 2. The maximum Gasteiger partial charge on any atom is 0.424 e. The molecule has 1 aliphatic rings. The van der Waals surface area contributed by atoms with Gasteiger partial charge >= 0.3 is 12.1 Å². The molecule has 3 amide bonds. The van der Waals surface area contributed by atoms with Crippen LogP contribution < -0.4 is 21.1 Å². The molecule has 12 nitrogen and oxygen atoms in total. The van der Waals surface area contributed by atoms with Gasteiger partial charge in [0.1, 0.15) is 35.5 Å². The lowest BCUT2D eigenvalue weighted by Crippen LogP contribution is -2.51. The van der Waals surface area contributed by atoms with Crippen molar-refractivity contribution >= 4 is 34.3 Å². The molecular weight excluding hydrogens is 664 g/mol. The Kier molecular flexibility index (Phi) is 8.30. The summed E-state index contributed by atoms with van der Waals surface area (Å²) in [6.45, 7) is 2.94. The molecule has 0 bridgehead atoms. The van der Waals surface area contributed by atoms with Crippen LogP contribution in [0.1, 0.15) is 50.5 Å². The van der Waals surface area contributed by atoms with E-state index in [1.807, 2.05) is 0 Å². The number of fused-ring (bicyclic) bond motifs is 2. The van der Waals surface area contributed by atoms with Gasteiger partial charge in [0.15, 0.2) is 0 Å². The number of ether oxygens (including phenoxy) is 1. The first kappa shape index (κ1) is 34.0. The normalized spacial score (nSPS) is 16.7. The summed E-state index contributed by atoms with van der Waals surface area (Å²) in [6.07, 6.45) is -2.64. The number of nitrogens with two attached hydrogens (primary N) is 1. The number of carbonyl (C=O) groups excluding carboxylic acids is 3. The van der Waals surface area contributed by atoms with E-state index in [1.54, 1.807) is 19.9 Å². The summed E-state index contributed by atoms with van der Waals surface area (Å²) in [5, 5.41) is 16.4. The highest BCUT2D eigenvalue weighted by Crippen LogP contribution is 2.47. The molecule has 5 aromatic rings. The van der Waals surface area contributed by atoms with E-state index in [2.05, 4.69) is 25.6 Å². The number of rotatable bonds is 8. The van der Waals surface area contributed by atoms with E-state index in [4.69, 9.17) is 14.9 Å². The van der Waals surface area contributed by atoms with Gasteiger partial charge in [0, 0.05) is 28.3 Å². The smallest absolute Gasteiger partial charge is 0.424 e. The van der Waals surface area contributed by atoms with Crippen molar-refractivity contribution in [2.24, 2.45) is 5.73 Å². The Balaban J connectivity index is 1.39. The van der Waals surface area contributed by atoms with Gasteiger partial charge in [-0.2, -0.15) is 13.2 Å². The van der Waals surface area contributed by atoms with Gasteiger partial charge in [-0.3, -0.25) is 19.4 Å². The van der Waals surface area contributed by atoms with Crippen LogP contribution in [0.3, 0.4) is 0 Å². The number of hydrogen-bond acceptors (Lipinski definition) is 9. The zero-order chi connectivity index (χ0) is 36.2. The Morgan fingerprint density at radius 1 is 1.04 bits per heavy atom. The molecule has 6 rings (SSSR count). The number of primary amides is 1. The van der Waals surface area contributed by atoms with Crippen molar-refractivity contribution in [1.82, 2.24) is 20.3 Å². The molecular formula is C34H28F4N6O6. The van der Waals surface area contributed by atoms with E-state index in [-0.39, 0.29) is 51.8 Å². The molecule has 4 heterocycles. The van der Waals surface area contributed by atoms with E-state index >= 15 is 0 Å². The Morgan fingerprint density at radius 2 is 1.76 bits per heavy atom. The topological polar surface area (TPSA) is 183 Å². The Hall–Kier alpha value is -5.90. The van der Waals surface area contributed by atoms with Gasteiger partial charge in [-0.15, -0.1) is 0 Å². The van der Waals surface area contributed by atoms with Crippen LogP contribution in [-0.4, -0.2) is 57.1 Å². The molecule has 0 fully saturated rings. The predicted octanol–water partition coefficient (Wildman–Crippen LogP) is 4.61. The minimum Gasteiger partial charge on any atom is -0.489 e. The average Bonchev–Trinajstić information content (AvgIpc) is 3.66. The van der Waals surface area contributed by atoms with Gasteiger partial charge in [0.05, 0.1) is 29.1 Å². The standard InChI is InChI=1S/C34H28F4N6O6/c1-16-8-19-9-20(10-23(25(19)40-12-16)43-29(46)30-42-17(2)13-49-30)28(45)41-14-33(48,34(36,37)38)24-11-22-27(50-15-32(22,3)31(39)47)26(44-24)18-4-6-21(35)7-5-18/h4-13,48H,14-15H2,1-3H3,(H2,39,47)(H,41,45)(H,43,46)/t32-,33?/m0/s1. The van der Waals surface area contributed by atoms with Gasteiger partial charge in [0.2, 0.25) is 11.5 Å². The summed E-state index contributed by atoms with van der Waals surface area (Å²) in [6, 6.07) is 9.68. The fourth-order valence-corrected chi connectivity index (χ4v) is 5.47. The minimum atomic E-state index is -5.43. The lowest BCUT2D eigenvalue weighted by molar-refractivity contribution is -0.265. The van der Waals surface area contributed by atoms with Gasteiger partial charge in [-0.25, -0.2) is 14.4 Å². The highest BCUT2D eigenvalue weighted by molar-refractivity contribution is 6.09. The van der Waals surface area contributed by atoms with E-state index in [0.29, 0.717) is 16.6 Å². The number of pyridine rings is 2. The molecule has 0 spiro atoms. The highest BCUT2D eigenvalue weighted by atomic mass is 19.4. The lowest BCUT2D eigenvalue weighted by Gasteiger charge is -2.31. The predicted molar refractivity (Wildman–Crippen MR) is 170 cm³/mol. The van der Waals surface area contributed by atoms with Crippen LogP contribution in [0.25, 0.3) is 22.2 Å². The van der Waals surface area contributed by atoms with Crippen molar-refractivity contribution in [1.29, 1.82) is 0 Å². The summed E-state index contributed by atoms with van der Waals surface area (Å²) < 4.78 is 69.2. The molecule has 16 heteroatoms. The third-order valence-corrected chi connectivity index (χ3v) is 8.38. The third-order valence-electron chi connectivity index (χ3n) is 8.38. The summed E-state index contributed by atoms with van der Waals surface area (Å²) in [5.41, 5.74) is 0.294. The van der Waals surface area contributed by atoms with Crippen LogP contribution >= 0.6 is 0 Å². The quantitative estimate of drug-likeness (QED) is 0.169. The molecule has 0 radical (unpaired) electrons. The second-order valence-corrected chi connectivity index (χ2v) is 12.1. The number of amides is 3. The summed E-state index contributed by atoms with van der Waals surface area (Å²) in [5.74, 6) is -3.70. The molecule has 0 saturated heterocycles. The highest BCUT2D eigenvalue weighted by Gasteiger charge is 2.57. The minimum absolute atomic E-state index is 0.0366. The molecule has 0 saturated carbocycles. The maximum atomic E-state index is 14.9. The number of aromatic nitrogens is 3. The van der Waals surface area contributed by atoms with Crippen molar-refractivity contribution in [2.45, 2.75) is 38.0 Å². The van der Waals surface area contributed by atoms with Crippen molar-refractivity contribution in [3.05, 3.63) is 101 Å². The first-order chi connectivity index (χ1) is 23.5. The van der Waals surface area contributed by atoms with E-state index in [0.717, 1.165) is 18.2 Å². The number of benzene rings is 2. The van der Waals surface area contributed by atoms with Gasteiger partial charge in [-0.1, -0.05) is 0 Å². The van der Waals surface area contributed by atoms with Crippen molar-refractivity contribution in [3.8, 4) is 17.0 Å². The average molecular weight is 693 g/mol. The summed E-state index contributed by atoms with van der Waals surface area (Å²) in [4.78, 5) is 51.2. The van der Waals surface area contributed by atoms with Crippen molar-refractivity contribution in [3.63, 3.8) is 0 Å². The van der Waals surface area contributed by atoms with Crippen LogP contribution in [-0.2, 0) is 15.8 Å². The van der Waals surface area contributed by atoms with Crippen LogP contribution in [0.5, 0.6) is 5.75 Å². The number of alkyl halides is 3. The molecule has 5 N–H and O–H groups in total. The maximum absolute atomic E-state index is 14.9. The number of nitrogens with zero attached hydrogens (tertiary/aromatic N) is 3. The largest absolute Gasteiger partial charge is 0.489 e. The number of oxazole rings is 1. The van der Waals surface area contributed by atoms with E-state index < -0.39 is 53.0 Å². The molecule has 1 unspecified atom stereocenters. The molecule has 3 aromatic heterocycles. The summed E-state index contributed by atoms with van der Waals surface area (Å²) >= 11 is 0. The number of nitrogens with one attached hydrogen (secondary N) is 2. The zero-order valence-electron chi connectivity index (χ0n) is 26.6. The fraction of sp³-hybridized carbons (Fsp3) is 0.235. The van der Waals surface area contributed by atoms with Crippen LogP contribution in [0, 0.1) is 19.7 Å². The SMILES string of the molecule is Cc1cnc2c(NC(=O)c3nc(C)co3)cc(C(=O)NCC(O)(c3cc4c(c(-c5ccc(F)cc5)n3)OC[C@]4(C)C(N)=O)C(F)(F)F)cc2c1. The second-order valence-electron chi connectivity index (χ2n) is 12.1. The second kappa shape index (κ2) is 12.2. The number of halogens is 4. The monoisotopic (exact) mass is 692 g/mol. The molecule has 2 atom stereocenters. The molecule has 2 aromatic carbocycles. The third kappa shape index (κ3) is 5.97. The molecule has 258 valence electrons. The number of aliphatic hydroxyl groups is 1. The lowest BCUT2D eigenvalue weighted by atomic mass is 9.81. The van der Waals surface area contributed by atoms with Crippen molar-refractivity contribution < 1.29 is 46.2 Å². The molecule has 50 heavy (non-hydrogen) atoms. The fourth-order valence-electron chi connectivity index (χ4n) is 5.47. The first-order valence-electron chi connectivity index (χ1n) is 15.0. The first-order valence-corrected chi connectivity index (χ1v) is 15.0. The molecule has 0 aliphatic carbocycles. The Morgan fingerprint density at radius 3 is 2.40 bits per heavy atom. The Labute approximate surface area is 280 Å². The molecule has 1 aliphatic heterocycles. The van der Waals surface area contributed by atoms with Crippen molar-refractivity contribution in [2.75, 3.05) is 18.5 Å². The van der Waals surface area contributed by atoms with Crippen LogP contribution in [0.15, 0.2) is 65.4 Å². The van der Waals surface area contributed by atoms with Crippen LogP contribution in [0.2, 0.25) is 0 Å². The Bertz CT molecular complexity index is 2190.